The van der Waals surface area contributed by atoms with E-state index in [2.05, 4.69) is 0 Å². The smallest absolute Gasteiger partial charge is 0.270 e. The molecule has 18 heavy (non-hydrogen) atoms. The minimum Gasteiger partial charge on any atom is -0.490 e. The lowest BCUT2D eigenvalue weighted by atomic mass is 10.1. The van der Waals surface area contributed by atoms with Gasteiger partial charge in [-0.05, 0) is 38.7 Å². The zero-order chi connectivity index (χ0) is 13.1. The van der Waals surface area contributed by atoms with Gasteiger partial charge in [-0.3, -0.25) is 10.1 Å². The van der Waals surface area contributed by atoms with E-state index in [1.165, 1.54) is 12.1 Å². The van der Waals surface area contributed by atoms with Crippen LogP contribution in [0, 0.1) is 10.1 Å². The van der Waals surface area contributed by atoms with Crippen LogP contribution >= 0.6 is 0 Å². The molecule has 1 aliphatic rings. The summed E-state index contributed by atoms with van der Waals surface area (Å²) in [6.45, 7) is 1.58. The van der Waals surface area contributed by atoms with E-state index in [-0.39, 0.29) is 11.8 Å². The first-order chi connectivity index (χ1) is 8.58. The molecule has 0 aromatic heterocycles. The van der Waals surface area contributed by atoms with Crippen LogP contribution < -0.4 is 4.74 Å². The third kappa shape index (κ3) is 2.79. The molecule has 1 aromatic rings. The maximum atomic E-state index is 10.7. The van der Waals surface area contributed by atoms with E-state index in [0.717, 1.165) is 25.7 Å². The van der Waals surface area contributed by atoms with Gasteiger partial charge in [0.2, 0.25) is 0 Å². The molecule has 5 heteroatoms. The first-order valence-corrected chi connectivity index (χ1v) is 6.21. The van der Waals surface area contributed by atoms with Gasteiger partial charge in [0.25, 0.3) is 5.69 Å². The Morgan fingerprint density at radius 3 is 2.67 bits per heavy atom. The summed E-state index contributed by atoms with van der Waals surface area (Å²) in [5, 5.41) is 20.4. The highest BCUT2D eigenvalue weighted by molar-refractivity contribution is 5.44. The van der Waals surface area contributed by atoms with Gasteiger partial charge in [0.1, 0.15) is 5.75 Å². The Morgan fingerprint density at radius 2 is 2.11 bits per heavy atom. The van der Waals surface area contributed by atoms with Crippen molar-refractivity contribution < 1.29 is 14.8 Å². The van der Waals surface area contributed by atoms with Crippen LogP contribution in [0.1, 0.15) is 44.3 Å². The molecule has 1 fully saturated rings. The third-order valence-corrected chi connectivity index (χ3v) is 3.25. The molecule has 0 heterocycles. The first kappa shape index (κ1) is 12.8. The summed E-state index contributed by atoms with van der Waals surface area (Å²) < 4.78 is 5.82. The van der Waals surface area contributed by atoms with Crippen LogP contribution in [0.4, 0.5) is 5.69 Å². The molecule has 1 N–H and O–H groups in total. The van der Waals surface area contributed by atoms with Gasteiger partial charge in [-0.25, -0.2) is 0 Å². The van der Waals surface area contributed by atoms with Gasteiger partial charge in [-0.1, -0.05) is 0 Å². The van der Waals surface area contributed by atoms with Crippen molar-refractivity contribution in [2.24, 2.45) is 0 Å². The predicted molar refractivity (Wildman–Crippen MR) is 66.6 cm³/mol. The fourth-order valence-electron chi connectivity index (χ4n) is 2.27. The second-order valence-corrected chi connectivity index (χ2v) is 4.68. The average molecular weight is 251 g/mol. The highest BCUT2D eigenvalue weighted by atomic mass is 16.6. The molecule has 0 saturated heterocycles. The van der Waals surface area contributed by atoms with E-state index in [0.29, 0.717) is 11.3 Å². The lowest BCUT2D eigenvalue weighted by Gasteiger charge is -2.17. The molecule has 0 spiro atoms. The maximum absolute atomic E-state index is 10.7. The van der Waals surface area contributed by atoms with E-state index in [1.807, 2.05) is 0 Å². The minimum atomic E-state index is -0.777. The van der Waals surface area contributed by atoms with Crippen LogP contribution in [-0.4, -0.2) is 16.1 Å². The van der Waals surface area contributed by atoms with Crippen LogP contribution in [0.25, 0.3) is 0 Å². The van der Waals surface area contributed by atoms with E-state index in [4.69, 9.17) is 4.74 Å². The number of ether oxygens (including phenoxy) is 1. The van der Waals surface area contributed by atoms with Crippen LogP contribution in [0.3, 0.4) is 0 Å². The molecule has 1 aromatic carbocycles. The van der Waals surface area contributed by atoms with Crippen molar-refractivity contribution in [1.29, 1.82) is 0 Å². The second-order valence-electron chi connectivity index (χ2n) is 4.68. The van der Waals surface area contributed by atoms with Gasteiger partial charge in [0.15, 0.2) is 0 Å². The van der Waals surface area contributed by atoms with Crippen molar-refractivity contribution in [2.75, 3.05) is 0 Å². The average Bonchev–Trinajstić information content (AvgIpc) is 2.81. The minimum absolute atomic E-state index is 0.0235. The lowest BCUT2D eigenvalue weighted by molar-refractivity contribution is -0.385. The summed E-state index contributed by atoms with van der Waals surface area (Å²) in [4.78, 5) is 10.2. The van der Waals surface area contributed by atoms with Crippen LogP contribution in [0.5, 0.6) is 5.75 Å². The highest BCUT2D eigenvalue weighted by Crippen LogP contribution is 2.32. The number of benzene rings is 1. The standard InChI is InChI=1S/C13H17NO4/c1-9(15)12-8-10(14(16)17)6-7-13(12)18-11-4-2-3-5-11/h6-9,11,15H,2-5H2,1H3/t9-/m0/s1. The molecular formula is C13H17NO4. The molecule has 2 rings (SSSR count). The summed E-state index contributed by atoms with van der Waals surface area (Å²) >= 11 is 0. The Bertz CT molecular complexity index is 439. The lowest BCUT2D eigenvalue weighted by Crippen LogP contribution is -2.13. The molecule has 5 nitrogen and oxygen atoms in total. The molecular weight excluding hydrogens is 234 g/mol. The molecule has 1 atom stereocenters. The van der Waals surface area contributed by atoms with Crippen molar-refractivity contribution in [3.05, 3.63) is 33.9 Å². The summed E-state index contributed by atoms with van der Waals surface area (Å²) in [5.74, 6) is 0.558. The molecule has 1 aliphatic carbocycles. The summed E-state index contributed by atoms with van der Waals surface area (Å²) in [6, 6.07) is 4.38. The number of hydrogen-bond donors (Lipinski definition) is 1. The fourth-order valence-corrected chi connectivity index (χ4v) is 2.27. The molecule has 0 unspecified atom stereocenters. The second kappa shape index (κ2) is 5.35. The Hall–Kier alpha value is -1.62. The summed E-state index contributed by atoms with van der Waals surface area (Å²) in [5.41, 5.74) is 0.459. The van der Waals surface area contributed by atoms with Crippen LogP contribution in [0.15, 0.2) is 18.2 Å². The topological polar surface area (TPSA) is 72.6 Å². The van der Waals surface area contributed by atoms with Gasteiger partial charge >= 0.3 is 0 Å². The van der Waals surface area contributed by atoms with Crippen molar-refractivity contribution in [2.45, 2.75) is 44.8 Å². The number of non-ortho nitro benzene ring substituents is 1. The molecule has 98 valence electrons. The van der Waals surface area contributed by atoms with Crippen molar-refractivity contribution in [3.8, 4) is 5.75 Å². The third-order valence-electron chi connectivity index (χ3n) is 3.25. The fraction of sp³-hybridized carbons (Fsp3) is 0.538. The van der Waals surface area contributed by atoms with Crippen LogP contribution in [0.2, 0.25) is 0 Å². The number of nitro groups is 1. The summed E-state index contributed by atoms with van der Waals surface area (Å²) in [6.07, 6.45) is 3.72. The maximum Gasteiger partial charge on any atom is 0.270 e. The quantitative estimate of drug-likeness (QED) is 0.659. The SMILES string of the molecule is C[C@H](O)c1cc([N+](=O)[O-])ccc1OC1CCCC1. The molecule has 0 bridgehead atoms. The van der Waals surface area contributed by atoms with Crippen molar-refractivity contribution >= 4 is 5.69 Å². The number of rotatable bonds is 4. The number of aliphatic hydroxyl groups is 1. The number of nitro benzene ring substituents is 1. The zero-order valence-electron chi connectivity index (χ0n) is 10.3. The zero-order valence-corrected chi connectivity index (χ0v) is 10.3. The largest absolute Gasteiger partial charge is 0.490 e. The van der Waals surface area contributed by atoms with E-state index in [1.54, 1.807) is 13.0 Å². The van der Waals surface area contributed by atoms with Crippen LogP contribution in [-0.2, 0) is 0 Å². The first-order valence-electron chi connectivity index (χ1n) is 6.21. The normalized spacial score (nSPS) is 17.7. The molecule has 0 amide bonds. The van der Waals surface area contributed by atoms with E-state index < -0.39 is 11.0 Å². The van der Waals surface area contributed by atoms with Crippen molar-refractivity contribution in [1.82, 2.24) is 0 Å². The predicted octanol–water partition coefficient (Wildman–Crippen LogP) is 2.97. The monoisotopic (exact) mass is 251 g/mol. The molecule has 0 radical (unpaired) electrons. The van der Waals surface area contributed by atoms with Gasteiger partial charge in [0.05, 0.1) is 17.1 Å². The highest BCUT2D eigenvalue weighted by Gasteiger charge is 2.21. The Balaban J connectivity index is 2.25. The van der Waals surface area contributed by atoms with Gasteiger partial charge < -0.3 is 9.84 Å². The van der Waals surface area contributed by atoms with Gasteiger partial charge in [-0.15, -0.1) is 0 Å². The van der Waals surface area contributed by atoms with E-state index >= 15 is 0 Å². The Morgan fingerprint density at radius 1 is 1.44 bits per heavy atom. The molecule has 1 saturated carbocycles. The Labute approximate surface area is 106 Å². The number of aliphatic hydroxyl groups excluding tert-OH is 1. The number of hydrogen-bond acceptors (Lipinski definition) is 4. The van der Waals surface area contributed by atoms with Gasteiger partial charge in [0, 0.05) is 17.7 Å². The summed E-state index contributed by atoms with van der Waals surface area (Å²) in [7, 11) is 0. The van der Waals surface area contributed by atoms with Crippen molar-refractivity contribution in [3.63, 3.8) is 0 Å². The van der Waals surface area contributed by atoms with E-state index in [9.17, 15) is 15.2 Å². The number of nitrogens with zero attached hydrogens (tertiary/aromatic N) is 1. The van der Waals surface area contributed by atoms with Gasteiger partial charge in [-0.2, -0.15) is 0 Å². The molecule has 0 aliphatic heterocycles. The Kier molecular flexibility index (Phi) is 3.81.